The van der Waals surface area contributed by atoms with Gasteiger partial charge in [-0.15, -0.1) is 0 Å². The molecule has 2 aliphatic carbocycles. The molecule has 3 amide bonds. The van der Waals surface area contributed by atoms with Crippen molar-refractivity contribution in [1.29, 1.82) is 0 Å². The smallest absolute Gasteiger partial charge is 0.315 e. The number of nitrogens with one attached hydrogen (secondary N) is 3. The first-order chi connectivity index (χ1) is 15.0. The number of urea groups is 1. The van der Waals surface area contributed by atoms with Gasteiger partial charge in [0.15, 0.2) is 0 Å². The van der Waals surface area contributed by atoms with Gasteiger partial charge in [0.2, 0.25) is 5.91 Å². The minimum Gasteiger partial charge on any atom is -0.347 e. The van der Waals surface area contributed by atoms with E-state index in [1.54, 1.807) is 0 Å². The van der Waals surface area contributed by atoms with Gasteiger partial charge in [0.05, 0.1) is 12.1 Å². The van der Waals surface area contributed by atoms with Crippen LogP contribution in [0.3, 0.4) is 0 Å². The fourth-order valence-corrected chi connectivity index (χ4v) is 4.95. The van der Waals surface area contributed by atoms with E-state index in [-0.39, 0.29) is 29.9 Å². The largest absolute Gasteiger partial charge is 0.347 e. The fraction of sp³-hybridized carbons (Fsp3) is 0.462. The van der Waals surface area contributed by atoms with Crippen LogP contribution in [-0.2, 0) is 17.6 Å². The number of amides is 3. The highest BCUT2D eigenvalue weighted by atomic mass is 16.2. The van der Waals surface area contributed by atoms with E-state index in [9.17, 15) is 9.59 Å². The lowest BCUT2D eigenvalue weighted by atomic mass is 9.87. The highest BCUT2D eigenvalue weighted by molar-refractivity contribution is 5.87. The predicted molar refractivity (Wildman–Crippen MR) is 123 cm³/mol. The molecule has 5 heteroatoms. The molecule has 2 aliphatic rings. The highest BCUT2D eigenvalue weighted by Gasteiger charge is 2.29. The Morgan fingerprint density at radius 1 is 0.806 bits per heavy atom. The van der Waals surface area contributed by atoms with Crippen LogP contribution in [-0.4, -0.2) is 18.0 Å². The van der Waals surface area contributed by atoms with Crippen molar-refractivity contribution in [3.05, 3.63) is 70.8 Å². The van der Waals surface area contributed by atoms with Crippen LogP contribution in [0.15, 0.2) is 48.5 Å². The maximum absolute atomic E-state index is 13.1. The van der Waals surface area contributed by atoms with Crippen LogP contribution in [0.25, 0.3) is 0 Å². The molecule has 0 aliphatic heterocycles. The van der Waals surface area contributed by atoms with Crippen molar-refractivity contribution in [2.75, 3.05) is 0 Å². The highest BCUT2D eigenvalue weighted by Crippen LogP contribution is 2.30. The van der Waals surface area contributed by atoms with E-state index in [0.29, 0.717) is 0 Å². The van der Waals surface area contributed by atoms with Crippen LogP contribution in [0, 0.1) is 5.92 Å². The second-order valence-corrected chi connectivity index (χ2v) is 9.14. The van der Waals surface area contributed by atoms with Crippen LogP contribution in [0.4, 0.5) is 4.79 Å². The zero-order valence-corrected chi connectivity index (χ0v) is 18.5. The van der Waals surface area contributed by atoms with Crippen molar-refractivity contribution in [2.45, 2.75) is 70.5 Å². The lowest BCUT2D eigenvalue weighted by Crippen LogP contribution is -2.53. The maximum Gasteiger partial charge on any atom is 0.315 e. The summed E-state index contributed by atoms with van der Waals surface area (Å²) < 4.78 is 0. The molecule has 4 rings (SSSR count). The second-order valence-electron chi connectivity index (χ2n) is 9.14. The Bertz CT molecular complexity index is 940. The molecule has 2 aromatic carbocycles. The maximum atomic E-state index is 13.1. The van der Waals surface area contributed by atoms with Gasteiger partial charge >= 0.3 is 6.03 Å². The number of aryl methyl sites for hydroxylation is 2. The number of carbonyl (C=O) groups excluding carboxylic acids is 2. The van der Waals surface area contributed by atoms with Crippen molar-refractivity contribution in [3.8, 4) is 0 Å². The summed E-state index contributed by atoms with van der Waals surface area (Å²) in [5.41, 5.74) is 5.00. The van der Waals surface area contributed by atoms with Crippen LogP contribution in [0.2, 0.25) is 0 Å². The summed E-state index contributed by atoms with van der Waals surface area (Å²) in [6.07, 6.45) is 6.07. The number of benzene rings is 2. The molecule has 0 saturated heterocycles. The summed E-state index contributed by atoms with van der Waals surface area (Å²) in [6, 6.07) is 15.7. The summed E-state index contributed by atoms with van der Waals surface area (Å²) in [7, 11) is 0. The number of carbonyl (C=O) groups is 2. The molecule has 0 heterocycles. The Morgan fingerprint density at radius 3 is 1.87 bits per heavy atom. The fourth-order valence-electron chi connectivity index (χ4n) is 4.95. The van der Waals surface area contributed by atoms with Gasteiger partial charge < -0.3 is 16.0 Å². The lowest BCUT2D eigenvalue weighted by molar-refractivity contribution is -0.124. The average Bonchev–Trinajstić information content (AvgIpc) is 2.78. The van der Waals surface area contributed by atoms with Crippen molar-refractivity contribution in [1.82, 2.24) is 16.0 Å². The number of hydrogen-bond donors (Lipinski definition) is 3. The summed E-state index contributed by atoms with van der Waals surface area (Å²) >= 11 is 0. The van der Waals surface area contributed by atoms with Gasteiger partial charge in [-0.3, -0.25) is 4.79 Å². The van der Waals surface area contributed by atoms with Crippen molar-refractivity contribution in [3.63, 3.8) is 0 Å². The Morgan fingerprint density at radius 2 is 1.32 bits per heavy atom. The number of rotatable bonds is 5. The monoisotopic (exact) mass is 419 g/mol. The zero-order valence-electron chi connectivity index (χ0n) is 18.5. The van der Waals surface area contributed by atoms with Gasteiger partial charge in [-0.1, -0.05) is 62.4 Å². The van der Waals surface area contributed by atoms with Gasteiger partial charge in [-0.25, -0.2) is 4.79 Å². The molecule has 0 radical (unpaired) electrons. The van der Waals surface area contributed by atoms with E-state index < -0.39 is 6.04 Å². The molecule has 0 unspecified atom stereocenters. The first kappa shape index (κ1) is 21.4. The van der Waals surface area contributed by atoms with Gasteiger partial charge in [-0.05, 0) is 66.7 Å². The van der Waals surface area contributed by atoms with E-state index >= 15 is 0 Å². The standard InChI is InChI=1S/C26H33N3O2/c1-17(2)24(25(30)27-22-15-7-11-18-9-3-5-13-20(18)22)29-26(31)28-23-16-8-12-19-10-4-6-14-21(19)23/h3-6,9-10,13-14,17,22-24H,7-8,11-12,15-16H2,1-2H3,(H,27,30)(H2,28,29,31)/t22-,23-,24-/m0/s1. The molecule has 164 valence electrons. The molecule has 3 atom stereocenters. The minimum atomic E-state index is -0.576. The van der Waals surface area contributed by atoms with E-state index in [4.69, 9.17) is 0 Å². The summed E-state index contributed by atoms with van der Waals surface area (Å²) in [6.45, 7) is 3.94. The first-order valence-corrected chi connectivity index (χ1v) is 11.6. The van der Waals surface area contributed by atoms with Gasteiger partial charge in [0.25, 0.3) is 0 Å². The van der Waals surface area contributed by atoms with Gasteiger partial charge in [-0.2, -0.15) is 0 Å². The van der Waals surface area contributed by atoms with Crippen molar-refractivity contribution < 1.29 is 9.59 Å². The molecular formula is C26H33N3O2. The number of hydrogen-bond acceptors (Lipinski definition) is 2. The van der Waals surface area contributed by atoms with Crippen LogP contribution < -0.4 is 16.0 Å². The number of fused-ring (bicyclic) bond motifs is 2. The Kier molecular flexibility index (Phi) is 6.59. The third kappa shape index (κ3) is 4.92. The van der Waals surface area contributed by atoms with E-state index in [1.807, 2.05) is 32.0 Å². The molecule has 0 saturated carbocycles. The summed E-state index contributed by atoms with van der Waals surface area (Å²) in [5.74, 6) is -0.126. The second kappa shape index (κ2) is 9.54. The molecule has 3 N–H and O–H groups in total. The van der Waals surface area contributed by atoms with Crippen LogP contribution >= 0.6 is 0 Å². The molecule has 31 heavy (non-hydrogen) atoms. The third-order valence-electron chi connectivity index (χ3n) is 6.60. The Hall–Kier alpha value is -2.82. The normalized spacial score (nSPS) is 20.9. The Labute approximate surface area is 185 Å². The van der Waals surface area contributed by atoms with Crippen molar-refractivity contribution in [2.24, 2.45) is 5.92 Å². The summed E-state index contributed by atoms with van der Waals surface area (Å²) in [5, 5.41) is 9.25. The average molecular weight is 420 g/mol. The molecule has 5 nitrogen and oxygen atoms in total. The molecular weight excluding hydrogens is 386 g/mol. The van der Waals surface area contributed by atoms with Crippen LogP contribution in [0.5, 0.6) is 0 Å². The van der Waals surface area contributed by atoms with Crippen LogP contribution in [0.1, 0.15) is 73.9 Å². The molecule has 0 fully saturated rings. The van der Waals surface area contributed by atoms with Crippen molar-refractivity contribution >= 4 is 11.9 Å². The zero-order chi connectivity index (χ0) is 21.8. The quantitative estimate of drug-likeness (QED) is 0.664. The summed E-state index contributed by atoms with van der Waals surface area (Å²) in [4.78, 5) is 26.0. The minimum absolute atomic E-state index is 0.00813. The third-order valence-corrected chi connectivity index (χ3v) is 6.60. The predicted octanol–water partition coefficient (Wildman–Crippen LogP) is 4.58. The molecule has 0 bridgehead atoms. The van der Waals surface area contributed by atoms with Gasteiger partial charge in [0.1, 0.15) is 6.04 Å². The first-order valence-electron chi connectivity index (χ1n) is 11.6. The topological polar surface area (TPSA) is 70.2 Å². The Balaban J connectivity index is 1.40. The van der Waals surface area contributed by atoms with E-state index in [1.165, 1.54) is 22.3 Å². The molecule has 2 aromatic rings. The molecule has 0 aromatic heterocycles. The molecule has 0 spiro atoms. The SMILES string of the molecule is CC(C)[C@H](NC(=O)N[C@H]1CCCc2ccccc21)C(=O)N[C@H]1CCCc2ccccc21. The van der Waals surface area contributed by atoms with E-state index in [2.05, 4.69) is 46.3 Å². The van der Waals surface area contributed by atoms with E-state index in [0.717, 1.165) is 38.5 Å². The lowest BCUT2D eigenvalue weighted by Gasteiger charge is -2.30. The van der Waals surface area contributed by atoms with Gasteiger partial charge in [0, 0.05) is 0 Å².